The van der Waals surface area contributed by atoms with Gasteiger partial charge in [-0.1, -0.05) is 6.08 Å². The molecule has 0 aromatic heterocycles. The molecule has 0 amide bonds. The summed E-state index contributed by atoms with van der Waals surface area (Å²) in [4.78, 5) is 24.3. The summed E-state index contributed by atoms with van der Waals surface area (Å²) in [5.41, 5.74) is 4.91. The first-order valence-electron chi connectivity index (χ1n) is 1.97. The van der Waals surface area contributed by atoms with Gasteiger partial charge in [-0.15, -0.1) is 6.58 Å². The van der Waals surface area contributed by atoms with Gasteiger partial charge in [0, 0.05) is 6.54 Å². The quantitative estimate of drug-likeness (QED) is 0.246. The van der Waals surface area contributed by atoms with Gasteiger partial charge in [-0.3, -0.25) is 0 Å². The molecule has 0 fully saturated rings. The number of phosphoric acid groups is 1. The maximum atomic E-state index is 8.66. The van der Waals surface area contributed by atoms with Crippen LogP contribution in [-0.2, 0) is 4.57 Å². The fourth-order valence-corrected chi connectivity index (χ4v) is 0. The molecule has 0 aromatic rings. The molecule has 0 radical (unpaired) electrons. The molecular formula is C3H9KNO4P. The summed E-state index contributed by atoms with van der Waals surface area (Å²) in [7, 11) is -5.14. The maximum Gasteiger partial charge on any atom is 1.00 e. The molecule has 3 N–H and O–H groups in total. The maximum absolute atomic E-state index is 8.66. The Morgan fingerprint density at radius 1 is 1.80 bits per heavy atom. The second kappa shape index (κ2) is 10.4. The van der Waals surface area contributed by atoms with Gasteiger partial charge in [0.15, 0.2) is 0 Å². The van der Waals surface area contributed by atoms with Crippen LogP contribution in [0, 0.1) is 0 Å². The van der Waals surface area contributed by atoms with Crippen molar-refractivity contribution < 1.29 is 72.1 Å². The van der Waals surface area contributed by atoms with Crippen LogP contribution in [0.4, 0.5) is 0 Å². The van der Waals surface area contributed by atoms with Gasteiger partial charge >= 0.3 is 52.8 Å². The van der Waals surface area contributed by atoms with Gasteiger partial charge in [0.25, 0.3) is 0 Å². The minimum absolute atomic E-state index is 0. The first-order chi connectivity index (χ1) is 3.91. The van der Waals surface area contributed by atoms with Crippen LogP contribution >= 0.6 is 7.82 Å². The summed E-state index contributed by atoms with van der Waals surface area (Å²) in [6.45, 7) is 3.94. The average Bonchev–Trinajstić information content (AvgIpc) is 1.61. The van der Waals surface area contributed by atoms with Gasteiger partial charge in [-0.05, 0) is 0 Å². The van der Waals surface area contributed by atoms with Gasteiger partial charge in [0.05, 0.1) is 7.82 Å². The molecule has 0 saturated heterocycles. The molecule has 0 unspecified atom stereocenters. The minimum Gasteiger partial charge on any atom is -0.790 e. The molecule has 0 spiro atoms. The number of hydrogen-bond donors (Lipinski definition) is 2. The molecule has 0 aromatic carbocycles. The third-order valence-electron chi connectivity index (χ3n) is 0.167. The van der Waals surface area contributed by atoms with Crippen LogP contribution in [0.15, 0.2) is 12.7 Å². The molecule has 0 saturated carbocycles. The summed E-state index contributed by atoms with van der Waals surface area (Å²) in [6.07, 6.45) is 1.65. The van der Waals surface area contributed by atoms with Crippen molar-refractivity contribution in [2.24, 2.45) is 5.73 Å². The van der Waals surface area contributed by atoms with E-state index >= 15 is 0 Å². The van der Waals surface area contributed by atoms with E-state index in [9.17, 15) is 0 Å². The SMILES string of the molecule is C=CCN.O=P([O-])([O-])O.[H+].[K+]. The second-order valence-corrected chi connectivity index (χ2v) is 1.93. The molecule has 0 aliphatic heterocycles. The van der Waals surface area contributed by atoms with E-state index < -0.39 is 7.82 Å². The Bertz CT molecular complexity index is 110. The van der Waals surface area contributed by atoms with E-state index in [0.29, 0.717) is 6.54 Å². The Balaban J connectivity index is -0.0000000383. The Morgan fingerprint density at radius 3 is 1.90 bits per heavy atom. The molecule has 10 heavy (non-hydrogen) atoms. The van der Waals surface area contributed by atoms with Crippen molar-refractivity contribution in [1.82, 2.24) is 0 Å². The van der Waals surface area contributed by atoms with E-state index in [1.54, 1.807) is 6.08 Å². The van der Waals surface area contributed by atoms with E-state index in [0.717, 1.165) is 0 Å². The van der Waals surface area contributed by atoms with E-state index in [1.165, 1.54) is 0 Å². The summed E-state index contributed by atoms with van der Waals surface area (Å²) < 4.78 is 8.66. The Labute approximate surface area is 103 Å². The van der Waals surface area contributed by atoms with Gasteiger partial charge in [0.1, 0.15) is 0 Å². The van der Waals surface area contributed by atoms with Crippen molar-refractivity contribution in [2.75, 3.05) is 6.54 Å². The van der Waals surface area contributed by atoms with Crippen molar-refractivity contribution in [3.8, 4) is 0 Å². The van der Waals surface area contributed by atoms with Crippen LogP contribution in [0.2, 0.25) is 0 Å². The van der Waals surface area contributed by atoms with E-state index in [1.807, 2.05) is 0 Å². The van der Waals surface area contributed by atoms with Crippen LogP contribution in [0.25, 0.3) is 0 Å². The summed E-state index contributed by atoms with van der Waals surface area (Å²) in [5, 5.41) is 0. The van der Waals surface area contributed by atoms with Crippen LogP contribution in [0.3, 0.4) is 0 Å². The summed E-state index contributed by atoms with van der Waals surface area (Å²) in [5.74, 6) is 0. The zero-order chi connectivity index (χ0) is 7.91. The largest absolute Gasteiger partial charge is 1.00 e. The Kier molecular flexibility index (Phi) is 18.3. The predicted octanol–water partition coefficient (Wildman–Crippen LogP) is -4.94. The molecular weight excluding hydrogens is 184 g/mol. The second-order valence-electron chi connectivity index (χ2n) is 0.993. The molecule has 0 atom stereocenters. The smallest absolute Gasteiger partial charge is 0.790 e. The Morgan fingerprint density at radius 2 is 1.90 bits per heavy atom. The van der Waals surface area contributed by atoms with Gasteiger partial charge in [0.2, 0.25) is 0 Å². The van der Waals surface area contributed by atoms with Gasteiger partial charge in [-0.25, -0.2) is 0 Å². The molecule has 56 valence electrons. The van der Waals surface area contributed by atoms with E-state index in [2.05, 4.69) is 6.58 Å². The van der Waals surface area contributed by atoms with Crippen molar-refractivity contribution in [3.05, 3.63) is 12.7 Å². The topological polar surface area (TPSA) is 109 Å². The van der Waals surface area contributed by atoms with Crippen LogP contribution in [0.5, 0.6) is 0 Å². The van der Waals surface area contributed by atoms with Gasteiger partial charge < -0.3 is 25.0 Å². The standard InChI is InChI=1S/C3H7N.K.H3O4P/c1-2-3-4;;1-5(2,3)4/h2H,1,3-4H2;;(H3,1,2,3,4)/q;+1;/p-1. The third kappa shape index (κ3) is 113. The predicted molar refractivity (Wildman–Crippen MR) is 30.2 cm³/mol. The zero-order valence-electron chi connectivity index (χ0n) is 6.69. The third-order valence-corrected chi connectivity index (χ3v) is 0.167. The first kappa shape index (κ1) is 17.5. The van der Waals surface area contributed by atoms with Crippen molar-refractivity contribution in [2.45, 2.75) is 0 Å². The fourth-order valence-electron chi connectivity index (χ4n) is 0. The van der Waals surface area contributed by atoms with Gasteiger partial charge in [-0.2, -0.15) is 0 Å². The molecule has 0 bridgehead atoms. The van der Waals surface area contributed by atoms with Crippen molar-refractivity contribution >= 4 is 7.82 Å². The summed E-state index contributed by atoms with van der Waals surface area (Å²) in [6, 6.07) is 0. The molecule has 0 aliphatic carbocycles. The molecule has 0 aliphatic rings. The van der Waals surface area contributed by atoms with Crippen LogP contribution in [-0.4, -0.2) is 11.4 Å². The van der Waals surface area contributed by atoms with Crippen LogP contribution < -0.4 is 66.9 Å². The number of nitrogens with two attached hydrogens (primary N) is 1. The monoisotopic (exact) mass is 193 g/mol. The van der Waals surface area contributed by atoms with Crippen molar-refractivity contribution in [3.63, 3.8) is 0 Å². The van der Waals surface area contributed by atoms with E-state index in [-0.39, 0.29) is 52.8 Å². The molecule has 0 rings (SSSR count). The zero-order valence-corrected chi connectivity index (χ0v) is 9.71. The molecule has 7 heteroatoms. The normalized spacial score (nSPS) is 8.40. The fraction of sp³-hybridized carbons (Fsp3) is 0.333. The van der Waals surface area contributed by atoms with Crippen molar-refractivity contribution in [1.29, 1.82) is 0 Å². The summed E-state index contributed by atoms with van der Waals surface area (Å²) >= 11 is 0. The van der Waals surface area contributed by atoms with E-state index in [4.69, 9.17) is 25.0 Å². The molecule has 0 heterocycles. The first-order valence-corrected chi connectivity index (χ1v) is 3.47. The minimum atomic E-state index is -5.14. The number of rotatable bonds is 1. The van der Waals surface area contributed by atoms with Crippen LogP contribution in [0.1, 0.15) is 1.43 Å². The molecule has 5 nitrogen and oxygen atoms in total. The Hall–Kier alpha value is 1.45. The average molecular weight is 193 g/mol. The number of hydrogen-bond acceptors (Lipinski definition) is 4.